The number of nitrogens with zero attached hydrogens (tertiary/aromatic N) is 2. The predicted molar refractivity (Wildman–Crippen MR) is 80.6 cm³/mol. The Hall–Kier alpha value is -1.09. The Balaban J connectivity index is 2.10. The van der Waals surface area contributed by atoms with Crippen LogP contribution in [0.5, 0.6) is 0 Å². The van der Waals surface area contributed by atoms with Gasteiger partial charge in [0, 0.05) is 6.04 Å². The van der Waals surface area contributed by atoms with Crippen molar-refractivity contribution in [1.82, 2.24) is 9.55 Å². The first kappa shape index (κ1) is 13.9. The quantitative estimate of drug-likeness (QED) is 0.694. The SMILES string of the molecule is CC1CCC(n2c(C(C)Cl)nc3ccc(F)cc32)CC1. The van der Waals surface area contributed by atoms with E-state index >= 15 is 0 Å². The molecule has 0 bridgehead atoms. The van der Waals surface area contributed by atoms with Crippen molar-refractivity contribution < 1.29 is 4.39 Å². The zero-order valence-corrected chi connectivity index (χ0v) is 12.7. The molecule has 1 aliphatic rings. The van der Waals surface area contributed by atoms with Gasteiger partial charge in [-0.3, -0.25) is 0 Å². The zero-order valence-electron chi connectivity index (χ0n) is 11.9. The van der Waals surface area contributed by atoms with Crippen LogP contribution >= 0.6 is 11.6 Å². The molecule has 0 N–H and O–H groups in total. The number of hydrogen-bond donors (Lipinski definition) is 0. The Morgan fingerprint density at radius 1 is 1.30 bits per heavy atom. The van der Waals surface area contributed by atoms with Crippen LogP contribution in [0.15, 0.2) is 18.2 Å². The standard InChI is InChI=1S/C16H20ClFN2/c1-10-3-6-13(7-4-10)20-15-9-12(18)5-8-14(15)19-16(20)11(2)17/h5,8-11,13H,3-4,6-7H2,1-2H3. The summed E-state index contributed by atoms with van der Waals surface area (Å²) in [6.07, 6.45) is 4.69. The molecule has 2 aromatic rings. The third-order valence-corrected chi connectivity index (χ3v) is 4.58. The monoisotopic (exact) mass is 294 g/mol. The van der Waals surface area contributed by atoms with Gasteiger partial charge >= 0.3 is 0 Å². The minimum atomic E-state index is -0.211. The van der Waals surface area contributed by atoms with Crippen LogP contribution in [0.4, 0.5) is 4.39 Å². The topological polar surface area (TPSA) is 17.8 Å². The maximum Gasteiger partial charge on any atom is 0.127 e. The lowest BCUT2D eigenvalue weighted by atomic mass is 9.87. The van der Waals surface area contributed by atoms with Gasteiger partial charge in [-0.1, -0.05) is 6.92 Å². The normalized spacial score (nSPS) is 25.0. The largest absolute Gasteiger partial charge is 0.324 e. The molecule has 1 aliphatic carbocycles. The van der Waals surface area contributed by atoms with Gasteiger partial charge in [-0.25, -0.2) is 9.37 Å². The average molecular weight is 295 g/mol. The molecule has 1 unspecified atom stereocenters. The third-order valence-electron chi connectivity index (χ3n) is 4.39. The molecule has 0 aliphatic heterocycles. The first-order valence-corrected chi connectivity index (χ1v) is 7.81. The first-order chi connectivity index (χ1) is 9.56. The van der Waals surface area contributed by atoms with E-state index in [-0.39, 0.29) is 11.2 Å². The second kappa shape index (κ2) is 5.36. The van der Waals surface area contributed by atoms with Crippen molar-refractivity contribution in [2.45, 2.75) is 50.9 Å². The third kappa shape index (κ3) is 2.44. The Bertz CT molecular complexity index is 612. The average Bonchev–Trinajstić information content (AvgIpc) is 2.78. The summed E-state index contributed by atoms with van der Waals surface area (Å²) in [5.74, 6) is 1.44. The van der Waals surface area contributed by atoms with Crippen molar-refractivity contribution in [1.29, 1.82) is 0 Å². The molecule has 1 aromatic heterocycles. The van der Waals surface area contributed by atoms with Gasteiger partial charge in [-0.15, -0.1) is 11.6 Å². The molecule has 0 amide bonds. The Labute approximate surface area is 123 Å². The minimum Gasteiger partial charge on any atom is -0.324 e. The maximum atomic E-state index is 13.6. The van der Waals surface area contributed by atoms with E-state index in [1.165, 1.54) is 18.9 Å². The number of fused-ring (bicyclic) bond motifs is 1. The van der Waals surface area contributed by atoms with Gasteiger partial charge in [-0.2, -0.15) is 0 Å². The van der Waals surface area contributed by atoms with Crippen LogP contribution in [0, 0.1) is 11.7 Å². The van der Waals surface area contributed by atoms with Crippen molar-refractivity contribution in [2.75, 3.05) is 0 Å². The molecule has 108 valence electrons. The van der Waals surface area contributed by atoms with Gasteiger partial charge in [0.2, 0.25) is 0 Å². The number of hydrogen-bond acceptors (Lipinski definition) is 1. The van der Waals surface area contributed by atoms with Crippen LogP contribution < -0.4 is 0 Å². The smallest absolute Gasteiger partial charge is 0.127 e. The highest BCUT2D eigenvalue weighted by atomic mass is 35.5. The number of alkyl halides is 1. The summed E-state index contributed by atoms with van der Waals surface area (Å²) in [6, 6.07) is 5.19. The van der Waals surface area contributed by atoms with Crippen LogP contribution in [0.2, 0.25) is 0 Å². The molecule has 2 nitrogen and oxygen atoms in total. The number of benzene rings is 1. The number of imidazole rings is 1. The van der Waals surface area contributed by atoms with Crippen molar-refractivity contribution in [3.63, 3.8) is 0 Å². The summed E-state index contributed by atoms with van der Waals surface area (Å²) < 4.78 is 15.8. The second-order valence-corrected chi connectivity index (χ2v) is 6.66. The fourth-order valence-electron chi connectivity index (χ4n) is 3.25. The van der Waals surface area contributed by atoms with Crippen molar-refractivity contribution >= 4 is 22.6 Å². The maximum absolute atomic E-state index is 13.6. The Morgan fingerprint density at radius 3 is 2.65 bits per heavy atom. The lowest BCUT2D eigenvalue weighted by Gasteiger charge is -2.29. The van der Waals surface area contributed by atoms with E-state index in [0.29, 0.717) is 6.04 Å². The molecule has 0 spiro atoms. The van der Waals surface area contributed by atoms with Crippen molar-refractivity contribution in [3.05, 3.63) is 29.8 Å². The summed E-state index contributed by atoms with van der Waals surface area (Å²) in [5.41, 5.74) is 1.72. The number of halogens is 2. The molecule has 1 saturated carbocycles. The summed E-state index contributed by atoms with van der Waals surface area (Å²) in [7, 11) is 0. The number of rotatable bonds is 2. The van der Waals surface area contributed by atoms with Gasteiger partial charge in [-0.05, 0) is 56.7 Å². The molecular formula is C16H20ClFN2. The van der Waals surface area contributed by atoms with E-state index in [0.717, 1.165) is 35.6 Å². The van der Waals surface area contributed by atoms with Crippen LogP contribution in [-0.2, 0) is 0 Å². The zero-order chi connectivity index (χ0) is 14.3. The fourth-order valence-corrected chi connectivity index (χ4v) is 3.40. The van der Waals surface area contributed by atoms with E-state index in [1.54, 1.807) is 12.1 Å². The van der Waals surface area contributed by atoms with Crippen LogP contribution in [0.3, 0.4) is 0 Å². The highest BCUT2D eigenvalue weighted by molar-refractivity contribution is 6.20. The highest BCUT2D eigenvalue weighted by Gasteiger charge is 2.25. The van der Waals surface area contributed by atoms with E-state index < -0.39 is 0 Å². The van der Waals surface area contributed by atoms with Gasteiger partial charge in [0.15, 0.2) is 0 Å². The van der Waals surface area contributed by atoms with Gasteiger partial charge < -0.3 is 4.57 Å². The molecular weight excluding hydrogens is 275 g/mol. The molecule has 1 atom stereocenters. The number of aromatic nitrogens is 2. The molecule has 1 heterocycles. The second-order valence-electron chi connectivity index (χ2n) is 6.00. The van der Waals surface area contributed by atoms with Crippen LogP contribution in [0.25, 0.3) is 11.0 Å². The van der Waals surface area contributed by atoms with Crippen LogP contribution in [0.1, 0.15) is 56.8 Å². The van der Waals surface area contributed by atoms with E-state index in [4.69, 9.17) is 11.6 Å². The van der Waals surface area contributed by atoms with Crippen LogP contribution in [-0.4, -0.2) is 9.55 Å². The minimum absolute atomic E-state index is 0.162. The molecule has 3 rings (SSSR count). The molecule has 1 fully saturated rings. The summed E-state index contributed by atoms with van der Waals surface area (Å²) in [4.78, 5) is 4.61. The Morgan fingerprint density at radius 2 is 2.00 bits per heavy atom. The summed E-state index contributed by atoms with van der Waals surface area (Å²) in [5, 5.41) is -0.162. The van der Waals surface area contributed by atoms with E-state index in [1.807, 2.05) is 6.92 Å². The molecule has 1 aromatic carbocycles. The predicted octanol–water partition coefficient (Wildman–Crippen LogP) is 5.23. The summed E-state index contributed by atoms with van der Waals surface area (Å²) in [6.45, 7) is 4.23. The highest BCUT2D eigenvalue weighted by Crippen LogP contribution is 2.37. The van der Waals surface area contributed by atoms with Crippen molar-refractivity contribution in [3.8, 4) is 0 Å². The molecule has 0 radical (unpaired) electrons. The van der Waals surface area contributed by atoms with E-state index in [9.17, 15) is 4.39 Å². The van der Waals surface area contributed by atoms with Gasteiger partial charge in [0.05, 0.1) is 16.4 Å². The summed E-state index contributed by atoms with van der Waals surface area (Å²) >= 11 is 6.29. The van der Waals surface area contributed by atoms with Gasteiger partial charge in [0.25, 0.3) is 0 Å². The lowest BCUT2D eigenvalue weighted by molar-refractivity contribution is 0.289. The Kier molecular flexibility index (Phi) is 3.72. The molecule has 0 saturated heterocycles. The van der Waals surface area contributed by atoms with E-state index in [2.05, 4.69) is 16.5 Å². The fraction of sp³-hybridized carbons (Fsp3) is 0.562. The van der Waals surface area contributed by atoms with Crippen molar-refractivity contribution in [2.24, 2.45) is 5.92 Å². The molecule has 20 heavy (non-hydrogen) atoms. The first-order valence-electron chi connectivity index (χ1n) is 7.37. The molecule has 4 heteroatoms. The lowest BCUT2D eigenvalue weighted by Crippen LogP contribution is -2.19. The van der Waals surface area contributed by atoms with Gasteiger partial charge in [0.1, 0.15) is 11.6 Å².